The van der Waals surface area contributed by atoms with Gasteiger partial charge in [-0.3, -0.25) is 0 Å². The van der Waals surface area contributed by atoms with E-state index in [4.69, 9.17) is 5.11 Å². The molecule has 0 amide bonds. The van der Waals surface area contributed by atoms with Gasteiger partial charge in [0.25, 0.3) is 0 Å². The van der Waals surface area contributed by atoms with Crippen LogP contribution in [-0.4, -0.2) is 22.4 Å². The Bertz CT molecular complexity index is 148. The fourth-order valence-electron chi connectivity index (χ4n) is 2.10. The Morgan fingerprint density at radius 2 is 1.38 bits per heavy atom. The van der Waals surface area contributed by atoms with Gasteiger partial charge in [0.1, 0.15) is 0 Å². The maximum atomic E-state index is 10.1. The Hall–Kier alpha value is -0.0800. The van der Waals surface area contributed by atoms with E-state index in [9.17, 15) is 5.11 Å². The first kappa shape index (κ1) is 15.9. The first-order chi connectivity index (χ1) is 7.68. The van der Waals surface area contributed by atoms with Crippen molar-refractivity contribution in [1.82, 2.24) is 0 Å². The molecular formula is C14H30O2. The molecule has 0 rings (SSSR count). The molecule has 0 aliphatic rings. The number of hydrogen-bond donors (Lipinski definition) is 2. The normalized spacial score (nSPS) is 15.0. The van der Waals surface area contributed by atoms with Crippen molar-refractivity contribution in [2.75, 3.05) is 6.61 Å². The van der Waals surface area contributed by atoms with Gasteiger partial charge in [0, 0.05) is 6.61 Å². The van der Waals surface area contributed by atoms with Crippen molar-refractivity contribution in [2.24, 2.45) is 0 Å². The van der Waals surface area contributed by atoms with Crippen LogP contribution in [0.25, 0.3) is 0 Å². The van der Waals surface area contributed by atoms with Crippen LogP contribution in [0.15, 0.2) is 0 Å². The summed E-state index contributed by atoms with van der Waals surface area (Å²) in [6, 6.07) is 0. The average Bonchev–Trinajstić information content (AvgIpc) is 2.28. The van der Waals surface area contributed by atoms with Gasteiger partial charge in [0.15, 0.2) is 0 Å². The second-order valence-corrected chi connectivity index (χ2v) is 4.92. The minimum atomic E-state index is -0.613. The van der Waals surface area contributed by atoms with E-state index in [0.717, 1.165) is 19.3 Å². The van der Waals surface area contributed by atoms with Crippen molar-refractivity contribution < 1.29 is 10.2 Å². The van der Waals surface area contributed by atoms with Gasteiger partial charge in [-0.2, -0.15) is 0 Å². The van der Waals surface area contributed by atoms with Gasteiger partial charge in [-0.25, -0.2) is 0 Å². The molecule has 2 heteroatoms. The molecule has 0 spiro atoms. The Balaban J connectivity index is 3.41. The van der Waals surface area contributed by atoms with E-state index in [1.165, 1.54) is 38.5 Å². The van der Waals surface area contributed by atoms with E-state index in [0.29, 0.717) is 6.42 Å². The minimum Gasteiger partial charge on any atom is -0.396 e. The predicted octanol–water partition coefficient (Wildman–Crippen LogP) is 3.65. The molecule has 0 aromatic heterocycles. The highest BCUT2D eigenvalue weighted by molar-refractivity contribution is 4.76. The second-order valence-electron chi connectivity index (χ2n) is 4.92. The number of hydrogen-bond acceptors (Lipinski definition) is 2. The summed E-state index contributed by atoms with van der Waals surface area (Å²) in [5.41, 5.74) is -0.613. The molecule has 0 heterocycles. The van der Waals surface area contributed by atoms with Crippen molar-refractivity contribution in [3.05, 3.63) is 0 Å². The standard InChI is InChI=1S/C14H30O2/c1-3-5-6-7-8-9-10-11-14(16,4-2)12-13-15/h15-16H,3-13H2,1-2H3. The zero-order valence-corrected chi connectivity index (χ0v) is 11.2. The summed E-state index contributed by atoms with van der Waals surface area (Å²) >= 11 is 0. The van der Waals surface area contributed by atoms with Gasteiger partial charge < -0.3 is 10.2 Å². The summed E-state index contributed by atoms with van der Waals surface area (Å²) in [5.74, 6) is 0. The van der Waals surface area contributed by atoms with Gasteiger partial charge in [-0.1, -0.05) is 58.8 Å². The van der Waals surface area contributed by atoms with Crippen LogP contribution < -0.4 is 0 Å². The molecule has 98 valence electrons. The Morgan fingerprint density at radius 3 is 1.88 bits per heavy atom. The SMILES string of the molecule is CCCCCCCCCC(O)(CC)CCO. The number of unbranched alkanes of at least 4 members (excludes halogenated alkanes) is 6. The zero-order chi connectivity index (χ0) is 12.3. The quantitative estimate of drug-likeness (QED) is 0.532. The van der Waals surface area contributed by atoms with Crippen LogP contribution in [0.1, 0.15) is 78.1 Å². The Kier molecular flexibility index (Phi) is 10.0. The lowest BCUT2D eigenvalue weighted by molar-refractivity contribution is 0.00224. The maximum Gasteiger partial charge on any atom is 0.0667 e. The lowest BCUT2D eigenvalue weighted by atomic mass is 9.90. The molecule has 16 heavy (non-hydrogen) atoms. The third kappa shape index (κ3) is 8.12. The molecule has 1 atom stereocenters. The highest BCUT2D eigenvalue weighted by atomic mass is 16.3. The zero-order valence-electron chi connectivity index (χ0n) is 11.2. The summed E-state index contributed by atoms with van der Waals surface area (Å²) in [7, 11) is 0. The van der Waals surface area contributed by atoms with Gasteiger partial charge in [-0.05, 0) is 19.3 Å². The lowest BCUT2D eigenvalue weighted by Crippen LogP contribution is -2.28. The molecule has 0 saturated heterocycles. The van der Waals surface area contributed by atoms with E-state index < -0.39 is 5.60 Å². The molecule has 0 bridgehead atoms. The van der Waals surface area contributed by atoms with E-state index in [2.05, 4.69) is 6.92 Å². The van der Waals surface area contributed by atoms with Crippen LogP contribution in [0, 0.1) is 0 Å². The molecular weight excluding hydrogens is 200 g/mol. The number of aliphatic hydroxyl groups is 2. The van der Waals surface area contributed by atoms with Crippen molar-refractivity contribution in [2.45, 2.75) is 83.7 Å². The first-order valence-corrected chi connectivity index (χ1v) is 7.01. The van der Waals surface area contributed by atoms with E-state index in [1.807, 2.05) is 6.92 Å². The highest BCUT2D eigenvalue weighted by Gasteiger charge is 2.22. The van der Waals surface area contributed by atoms with Crippen molar-refractivity contribution in [3.63, 3.8) is 0 Å². The maximum absolute atomic E-state index is 10.1. The third-order valence-corrected chi connectivity index (χ3v) is 3.48. The van der Waals surface area contributed by atoms with Crippen LogP contribution >= 0.6 is 0 Å². The first-order valence-electron chi connectivity index (χ1n) is 7.01. The largest absolute Gasteiger partial charge is 0.396 e. The van der Waals surface area contributed by atoms with Crippen LogP contribution in [0.3, 0.4) is 0 Å². The fourth-order valence-corrected chi connectivity index (χ4v) is 2.10. The third-order valence-electron chi connectivity index (χ3n) is 3.48. The molecule has 0 aromatic carbocycles. The summed E-state index contributed by atoms with van der Waals surface area (Å²) in [6.07, 6.45) is 11.1. The van der Waals surface area contributed by atoms with E-state index in [-0.39, 0.29) is 6.61 Å². The molecule has 2 nitrogen and oxygen atoms in total. The monoisotopic (exact) mass is 230 g/mol. The molecule has 2 N–H and O–H groups in total. The van der Waals surface area contributed by atoms with Gasteiger partial charge >= 0.3 is 0 Å². The molecule has 0 aliphatic heterocycles. The van der Waals surface area contributed by atoms with E-state index >= 15 is 0 Å². The molecule has 1 unspecified atom stereocenters. The predicted molar refractivity (Wildman–Crippen MR) is 69.6 cm³/mol. The lowest BCUT2D eigenvalue weighted by Gasteiger charge is -2.25. The van der Waals surface area contributed by atoms with Crippen molar-refractivity contribution in [1.29, 1.82) is 0 Å². The second kappa shape index (κ2) is 10.1. The van der Waals surface area contributed by atoms with Gasteiger partial charge in [0.2, 0.25) is 0 Å². The topological polar surface area (TPSA) is 40.5 Å². The summed E-state index contributed by atoms with van der Waals surface area (Å²) in [6.45, 7) is 4.33. The van der Waals surface area contributed by atoms with Crippen LogP contribution in [-0.2, 0) is 0 Å². The summed E-state index contributed by atoms with van der Waals surface area (Å²) in [4.78, 5) is 0. The van der Waals surface area contributed by atoms with Crippen LogP contribution in [0.4, 0.5) is 0 Å². The summed E-state index contributed by atoms with van der Waals surface area (Å²) in [5, 5.41) is 19.0. The molecule has 0 aromatic rings. The van der Waals surface area contributed by atoms with Crippen molar-refractivity contribution >= 4 is 0 Å². The minimum absolute atomic E-state index is 0.0981. The molecule has 0 saturated carbocycles. The number of aliphatic hydroxyl groups excluding tert-OH is 1. The summed E-state index contributed by atoms with van der Waals surface area (Å²) < 4.78 is 0. The smallest absolute Gasteiger partial charge is 0.0667 e. The van der Waals surface area contributed by atoms with E-state index in [1.54, 1.807) is 0 Å². The fraction of sp³-hybridized carbons (Fsp3) is 1.00. The van der Waals surface area contributed by atoms with Crippen LogP contribution in [0.5, 0.6) is 0 Å². The number of rotatable bonds is 11. The Morgan fingerprint density at radius 1 is 0.812 bits per heavy atom. The van der Waals surface area contributed by atoms with Crippen LogP contribution in [0.2, 0.25) is 0 Å². The highest BCUT2D eigenvalue weighted by Crippen LogP contribution is 2.23. The van der Waals surface area contributed by atoms with Gasteiger partial charge in [0.05, 0.1) is 5.60 Å². The molecule has 0 fully saturated rings. The Labute approximate surface area is 101 Å². The average molecular weight is 230 g/mol. The van der Waals surface area contributed by atoms with Gasteiger partial charge in [-0.15, -0.1) is 0 Å². The van der Waals surface area contributed by atoms with Crippen molar-refractivity contribution in [3.8, 4) is 0 Å². The molecule has 0 aliphatic carbocycles. The molecule has 0 radical (unpaired) electrons.